The highest BCUT2D eigenvalue weighted by molar-refractivity contribution is 5.41. The van der Waals surface area contributed by atoms with Crippen LogP contribution in [0.15, 0.2) is 47.6 Å². The van der Waals surface area contributed by atoms with Gasteiger partial charge in [0.2, 0.25) is 0 Å². The van der Waals surface area contributed by atoms with E-state index in [1.165, 1.54) is 0 Å². The molecule has 0 saturated carbocycles. The molecule has 1 heteroatoms. The van der Waals surface area contributed by atoms with Crippen LogP contribution in [0.5, 0.6) is 0 Å². The maximum atomic E-state index is 8.60. The van der Waals surface area contributed by atoms with Gasteiger partial charge in [-0.2, -0.15) is 5.26 Å². The Morgan fingerprint density at radius 3 is 3.00 bits per heavy atom. The molecule has 1 nitrogen and oxygen atoms in total. The molecule has 0 aromatic heterocycles. The summed E-state index contributed by atoms with van der Waals surface area (Å²) in [6, 6.07) is 2.11. The van der Waals surface area contributed by atoms with Gasteiger partial charge in [-0.15, -0.1) is 0 Å². The first-order chi connectivity index (χ1) is 6.22. The highest BCUT2D eigenvalue weighted by Gasteiger charge is 1.95. The summed E-state index contributed by atoms with van der Waals surface area (Å²) in [5.74, 6) is 0.476. The average Bonchev–Trinajstić information content (AvgIpc) is 2.31. The van der Waals surface area contributed by atoms with Crippen molar-refractivity contribution in [3.8, 4) is 6.07 Å². The first-order valence-electron chi connectivity index (χ1n) is 4.37. The third-order valence-corrected chi connectivity index (χ3v) is 1.86. The maximum Gasteiger partial charge on any atom is 0.0944 e. The first-order valence-corrected chi connectivity index (χ1v) is 4.37. The van der Waals surface area contributed by atoms with Crippen molar-refractivity contribution < 1.29 is 0 Å². The molecule has 0 radical (unpaired) electrons. The second kappa shape index (κ2) is 4.47. The molecule has 1 unspecified atom stereocenters. The smallest absolute Gasteiger partial charge is 0.0944 e. The zero-order valence-corrected chi connectivity index (χ0v) is 7.99. The minimum atomic E-state index is 0.476. The van der Waals surface area contributed by atoms with Crippen LogP contribution >= 0.6 is 0 Å². The lowest BCUT2D eigenvalue weighted by atomic mass is 10.1. The van der Waals surface area contributed by atoms with Crippen molar-refractivity contribution in [2.45, 2.75) is 13.8 Å². The van der Waals surface area contributed by atoms with Crippen LogP contribution in [0.25, 0.3) is 0 Å². The van der Waals surface area contributed by atoms with Crippen molar-refractivity contribution in [2.24, 2.45) is 5.92 Å². The fraction of sp³-hybridized carbons (Fsp3) is 0.250. The van der Waals surface area contributed by atoms with Crippen molar-refractivity contribution in [3.63, 3.8) is 0 Å². The molecule has 0 aromatic rings. The van der Waals surface area contributed by atoms with Gasteiger partial charge in [0.05, 0.1) is 6.07 Å². The molecule has 0 N–H and O–H groups in total. The summed E-state index contributed by atoms with van der Waals surface area (Å²) in [6.07, 6.45) is 12.2. The summed E-state index contributed by atoms with van der Waals surface area (Å²) in [4.78, 5) is 0. The van der Waals surface area contributed by atoms with Gasteiger partial charge in [0.1, 0.15) is 0 Å². The van der Waals surface area contributed by atoms with Crippen LogP contribution in [0.1, 0.15) is 13.8 Å². The van der Waals surface area contributed by atoms with Crippen LogP contribution in [-0.4, -0.2) is 0 Å². The van der Waals surface area contributed by atoms with Crippen molar-refractivity contribution in [1.82, 2.24) is 0 Å². The number of nitriles is 1. The molecule has 0 saturated heterocycles. The van der Waals surface area contributed by atoms with E-state index in [2.05, 4.69) is 25.1 Å². The molecule has 0 aliphatic heterocycles. The third-order valence-electron chi connectivity index (χ3n) is 1.86. The fourth-order valence-corrected chi connectivity index (χ4v) is 1.10. The Kier molecular flexibility index (Phi) is 3.28. The van der Waals surface area contributed by atoms with Crippen LogP contribution in [0.3, 0.4) is 0 Å². The van der Waals surface area contributed by atoms with E-state index in [1.54, 1.807) is 0 Å². The van der Waals surface area contributed by atoms with Gasteiger partial charge in [-0.25, -0.2) is 0 Å². The summed E-state index contributed by atoms with van der Waals surface area (Å²) in [7, 11) is 0. The predicted octanol–water partition coefficient (Wildman–Crippen LogP) is 3.14. The van der Waals surface area contributed by atoms with Crippen LogP contribution in [0.2, 0.25) is 0 Å². The Morgan fingerprint density at radius 1 is 1.54 bits per heavy atom. The van der Waals surface area contributed by atoms with Gasteiger partial charge in [-0.1, -0.05) is 37.3 Å². The standard InChI is InChI=1S/C12H13N/c1-10-4-3-5-12(7-6-10)8-11(2)9-13/h3-8,10H,1-2H3/b11-8-. The monoisotopic (exact) mass is 171 g/mol. The van der Waals surface area contributed by atoms with Crippen LogP contribution in [0, 0.1) is 17.2 Å². The normalized spacial score (nSPS) is 22.1. The molecule has 1 aliphatic carbocycles. The van der Waals surface area contributed by atoms with Gasteiger partial charge in [0, 0.05) is 5.57 Å². The van der Waals surface area contributed by atoms with E-state index in [-0.39, 0.29) is 0 Å². The van der Waals surface area contributed by atoms with E-state index in [0.29, 0.717) is 5.92 Å². The minimum absolute atomic E-state index is 0.476. The van der Waals surface area contributed by atoms with E-state index in [9.17, 15) is 0 Å². The molecule has 1 aliphatic rings. The van der Waals surface area contributed by atoms with Gasteiger partial charge in [-0.3, -0.25) is 0 Å². The van der Waals surface area contributed by atoms with Gasteiger partial charge in [0.25, 0.3) is 0 Å². The average molecular weight is 171 g/mol. The number of allylic oxidation sites excluding steroid dienone is 8. The molecule has 13 heavy (non-hydrogen) atoms. The zero-order valence-electron chi connectivity index (χ0n) is 7.99. The largest absolute Gasteiger partial charge is 0.193 e. The molecule has 0 fully saturated rings. The Balaban J connectivity index is 2.85. The molecule has 0 spiro atoms. The number of hydrogen-bond donors (Lipinski definition) is 0. The molecule has 0 bridgehead atoms. The quantitative estimate of drug-likeness (QED) is 0.556. The van der Waals surface area contributed by atoms with Crippen LogP contribution in [-0.2, 0) is 0 Å². The molecular formula is C12H13N. The highest BCUT2D eigenvalue weighted by atomic mass is 14.2. The maximum absolute atomic E-state index is 8.60. The van der Waals surface area contributed by atoms with Gasteiger partial charge < -0.3 is 0 Å². The van der Waals surface area contributed by atoms with Crippen LogP contribution < -0.4 is 0 Å². The van der Waals surface area contributed by atoms with Gasteiger partial charge in [0.15, 0.2) is 0 Å². The van der Waals surface area contributed by atoms with E-state index < -0.39 is 0 Å². The molecule has 66 valence electrons. The lowest BCUT2D eigenvalue weighted by Crippen LogP contribution is -1.79. The summed E-state index contributed by atoms with van der Waals surface area (Å²) >= 11 is 0. The Morgan fingerprint density at radius 2 is 2.31 bits per heavy atom. The Hall–Kier alpha value is -1.55. The summed E-state index contributed by atoms with van der Waals surface area (Å²) in [5.41, 5.74) is 1.82. The number of rotatable bonds is 1. The Bertz CT molecular complexity index is 335. The Labute approximate surface area is 79.4 Å². The summed E-state index contributed by atoms with van der Waals surface area (Å²) < 4.78 is 0. The lowest BCUT2D eigenvalue weighted by molar-refractivity contribution is 0.942. The first kappa shape index (κ1) is 9.54. The van der Waals surface area contributed by atoms with E-state index in [0.717, 1.165) is 11.1 Å². The molecule has 0 aromatic carbocycles. The van der Waals surface area contributed by atoms with Crippen molar-refractivity contribution >= 4 is 0 Å². The molecule has 1 rings (SSSR count). The van der Waals surface area contributed by atoms with E-state index in [4.69, 9.17) is 5.26 Å². The van der Waals surface area contributed by atoms with Crippen molar-refractivity contribution in [2.75, 3.05) is 0 Å². The highest BCUT2D eigenvalue weighted by Crippen LogP contribution is 2.11. The number of hydrogen-bond acceptors (Lipinski definition) is 1. The van der Waals surface area contributed by atoms with Crippen molar-refractivity contribution in [3.05, 3.63) is 47.6 Å². The molecule has 1 atom stereocenters. The van der Waals surface area contributed by atoms with Crippen molar-refractivity contribution in [1.29, 1.82) is 5.26 Å². The van der Waals surface area contributed by atoms with E-state index in [1.807, 2.05) is 31.2 Å². The van der Waals surface area contributed by atoms with Crippen LogP contribution in [0.4, 0.5) is 0 Å². The summed E-state index contributed by atoms with van der Waals surface area (Å²) in [6.45, 7) is 3.94. The SMILES string of the molecule is C/C(C#N)=C/C1=CC=CC(C)C=C1. The topological polar surface area (TPSA) is 23.8 Å². The summed E-state index contributed by atoms with van der Waals surface area (Å²) in [5, 5.41) is 8.60. The molecule has 0 heterocycles. The fourth-order valence-electron chi connectivity index (χ4n) is 1.10. The van der Waals surface area contributed by atoms with Gasteiger partial charge >= 0.3 is 0 Å². The second-order valence-corrected chi connectivity index (χ2v) is 3.21. The number of nitrogens with zero attached hydrogens (tertiary/aromatic N) is 1. The second-order valence-electron chi connectivity index (χ2n) is 3.21. The zero-order chi connectivity index (χ0) is 9.68. The van der Waals surface area contributed by atoms with E-state index >= 15 is 0 Å². The lowest BCUT2D eigenvalue weighted by Gasteiger charge is -1.93. The minimum Gasteiger partial charge on any atom is -0.193 e. The van der Waals surface area contributed by atoms with Gasteiger partial charge in [-0.05, 0) is 24.5 Å². The molecule has 0 amide bonds. The predicted molar refractivity (Wildman–Crippen MR) is 54.9 cm³/mol. The molecular weight excluding hydrogens is 158 g/mol. The third kappa shape index (κ3) is 3.13.